The molecule has 78 valence electrons. The van der Waals surface area contributed by atoms with Gasteiger partial charge in [-0.15, -0.1) is 0 Å². The van der Waals surface area contributed by atoms with Crippen LogP contribution in [-0.4, -0.2) is 36.5 Å². The molecule has 1 amide bonds. The SMILES string of the molecule is COC(=O)C1=CN(C(C)CN)C(=O)C1. The van der Waals surface area contributed by atoms with E-state index in [2.05, 4.69) is 4.74 Å². The number of methoxy groups -OCH3 is 1. The predicted octanol–water partition coefficient (Wildman–Crippen LogP) is -0.377. The fourth-order valence-corrected chi connectivity index (χ4v) is 1.28. The third-order valence-electron chi connectivity index (χ3n) is 2.19. The molecular formula is C9H14N2O3. The Bertz CT molecular complexity index is 286. The molecule has 0 aliphatic carbocycles. The van der Waals surface area contributed by atoms with Crippen LogP contribution < -0.4 is 5.73 Å². The molecule has 0 bridgehead atoms. The standard InChI is InChI=1S/C9H14N2O3/c1-6(4-10)11-5-7(3-8(11)12)9(13)14-2/h5-6H,3-4,10H2,1-2H3. The molecule has 1 atom stereocenters. The summed E-state index contributed by atoms with van der Waals surface area (Å²) in [5, 5.41) is 0. The van der Waals surface area contributed by atoms with Gasteiger partial charge in [0.25, 0.3) is 0 Å². The van der Waals surface area contributed by atoms with Crippen LogP contribution in [0.2, 0.25) is 0 Å². The lowest BCUT2D eigenvalue weighted by Gasteiger charge is -2.20. The number of hydrogen-bond donors (Lipinski definition) is 1. The van der Waals surface area contributed by atoms with Crippen molar-refractivity contribution in [3.8, 4) is 0 Å². The minimum absolute atomic E-state index is 0.0790. The van der Waals surface area contributed by atoms with E-state index < -0.39 is 5.97 Å². The molecule has 1 aliphatic rings. The van der Waals surface area contributed by atoms with Gasteiger partial charge in [0.2, 0.25) is 5.91 Å². The Morgan fingerprint density at radius 2 is 2.43 bits per heavy atom. The molecule has 0 spiro atoms. The maximum Gasteiger partial charge on any atom is 0.335 e. The van der Waals surface area contributed by atoms with Crippen molar-refractivity contribution in [2.75, 3.05) is 13.7 Å². The lowest BCUT2D eigenvalue weighted by Crippen LogP contribution is -2.36. The molecule has 14 heavy (non-hydrogen) atoms. The third-order valence-corrected chi connectivity index (χ3v) is 2.19. The lowest BCUT2D eigenvalue weighted by molar-refractivity contribution is -0.137. The van der Waals surface area contributed by atoms with E-state index in [1.54, 1.807) is 0 Å². The van der Waals surface area contributed by atoms with Gasteiger partial charge in [0.05, 0.1) is 19.1 Å². The number of rotatable bonds is 3. The van der Waals surface area contributed by atoms with Gasteiger partial charge in [0, 0.05) is 18.8 Å². The van der Waals surface area contributed by atoms with Gasteiger partial charge in [-0.1, -0.05) is 0 Å². The van der Waals surface area contributed by atoms with Gasteiger partial charge in [-0.25, -0.2) is 4.79 Å². The monoisotopic (exact) mass is 198 g/mol. The molecule has 0 saturated heterocycles. The van der Waals surface area contributed by atoms with E-state index in [1.807, 2.05) is 6.92 Å². The van der Waals surface area contributed by atoms with Crippen molar-refractivity contribution in [1.82, 2.24) is 4.90 Å². The van der Waals surface area contributed by atoms with Gasteiger partial charge < -0.3 is 15.4 Å². The third kappa shape index (κ3) is 1.93. The first-order valence-electron chi connectivity index (χ1n) is 4.40. The highest BCUT2D eigenvalue weighted by Crippen LogP contribution is 2.18. The second kappa shape index (κ2) is 4.23. The quantitative estimate of drug-likeness (QED) is 0.627. The molecule has 0 aromatic rings. The summed E-state index contributed by atoms with van der Waals surface area (Å²) in [6, 6.07) is -0.0790. The number of carbonyl (C=O) groups excluding carboxylic acids is 2. The first-order valence-corrected chi connectivity index (χ1v) is 4.40. The smallest absolute Gasteiger partial charge is 0.335 e. The van der Waals surface area contributed by atoms with Crippen molar-refractivity contribution < 1.29 is 14.3 Å². The number of esters is 1. The summed E-state index contributed by atoms with van der Waals surface area (Å²) in [6.45, 7) is 2.20. The molecule has 0 saturated carbocycles. The van der Waals surface area contributed by atoms with Crippen LogP contribution in [0.25, 0.3) is 0 Å². The molecule has 5 nitrogen and oxygen atoms in total. The highest BCUT2D eigenvalue weighted by molar-refractivity contribution is 5.98. The van der Waals surface area contributed by atoms with Gasteiger partial charge in [-0.2, -0.15) is 0 Å². The Hall–Kier alpha value is -1.36. The molecule has 1 heterocycles. The van der Waals surface area contributed by atoms with Gasteiger partial charge in [-0.05, 0) is 6.92 Å². The second-order valence-corrected chi connectivity index (χ2v) is 3.21. The topological polar surface area (TPSA) is 72.6 Å². The van der Waals surface area contributed by atoms with Gasteiger partial charge >= 0.3 is 5.97 Å². The van der Waals surface area contributed by atoms with E-state index in [4.69, 9.17) is 5.73 Å². The van der Waals surface area contributed by atoms with Crippen molar-refractivity contribution >= 4 is 11.9 Å². The molecule has 1 rings (SSSR count). The lowest BCUT2D eigenvalue weighted by atomic mass is 10.2. The van der Waals surface area contributed by atoms with Crippen LogP contribution in [0.1, 0.15) is 13.3 Å². The first kappa shape index (κ1) is 10.7. The number of nitrogens with two attached hydrogens (primary N) is 1. The molecule has 0 aromatic heterocycles. The van der Waals surface area contributed by atoms with Crippen LogP contribution in [-0.2, 0) is 14.3 Å². The van der Waals surface area contributed by atoms with Crippen molar-refractivity contribution in [2.24, 2.45) is 5.73 Å². The minimum atomic E-state index is -0.454. The van der Waals surface area contributed by atoms with Crippen LogP contribution in [0.4, 0.5) is 0 Å². The van der Waals surface area contributed by atoms with E-state index in [9.17, 15) is 9.59 Å². The van der Waals surface area contributed by atoms with E-state index >= 15 is 0 Å². The van der Waals surface area contributed by atoms with Gasteiger partial charge in [0.15, 0.2) is 0 Å². The number of amides is 1. The zero-order chi connectivity index (χ0) is 10.7. The highest BCUT2D eigenvalue weighted by atomic mass is 16.5. The van der Waals surface area contributed by atoms with Gasteiger partial charge in [-0.3, -0.25) is 4.79 Å². The summed E-state index contributed by atoms with van der Waals surface area (Å²) < 4.78 is 4.53. The molecule has 5 heteroatoms. The van der Waals surface area contributed by atoms with Crippen LogP contribution in [0.15, 0.2) is 11.8 Å². The van der Waals surface area contributed by atoms with Crippen molar-refractivity contribution in [3.05, 3.63) is 11.8 Å². The van der Waals surface area contributed by atoms with E-state index in [-0.39, 0.29) is 18.4 Å². The van der Waals surface area contributed by atoms with Crippen molar-refractivity contribution in [1.29, 1.82) is 0 Å². The maximum atomic E-state index is 11.4. The molecule has 0 aromatic carbocycles. The zero-order valence-electron chi connectivity index (χ0n) is 8.32. The predicted molar refractivity (Wildman–Crippen MR) is 50.1 cm³/mol. The number of nitrogens with zero attached hydrogens (tertiary/aromatic N) is 1. The molecule has 1 aliphatic heterocycles. The maximum absolute atomic E-state index is 11.4. The van der Waals surface area contributed by atoms with Crippen LogP contribution in [0.5, 0.6) is 0 Å². The molecule has 2 N–H and O–H groups in total. The normalized spacial score (nSPS) is 18.1. The molecule has 1 unspecified atom stereocenters. The minimum Gasteiger partial charge on any atom is -0.466 e. The number of hydrogen-bond acceptors (Lipinski definition) is 4. The van der Waals surface area contributed by atoms with Crippen LogP contribution >= 0.6 is 0 Å². The van der Waals surface area contributed by atoms with Gasteiger partial charge in [0.1, 0.15) is 0 Å². The Labute approximate surface area is 82.5 Å². The Kier molecular flexibility index (Phi) is 3.24. The second-order valence-electron chi connectivity index (χ2n) is 3.21. The fourth-order valence-electron chi connectivity index (χ4n) is 1.28. The largest absolute Gasteiger partial charge is 0.466 e. The zero-order valence-corrected chi connectivity index (χ0v) is 8.32. The first-order chi connectivity index (χ1) is 6.60. The van der Waals surface area contributed by atoms with Crippen LogP contribution in [0, 0.1) is 0 Å². The molecule has 0 radical (unpaired) electrons. The summed E-state index contributed by atoms with van der Waals surface area (Å²) in [7, 11) is 1.29. The Balaban J connectivity index is 2.76. The van der Waals surface area contributed by atoms with E-state index in [0.29, 0.717) is 12.1 Å². The average Bonchev–Trinajstić information content (AvgIpc) is 2.58. The van der Waals surface area contributed by atoms with Crippen molar-refractivity contribution in [3.63, 3.8) is 0 Å². The van der Waals surface area contributed by atoms with E-state index in [1.165, 1.54) is 18.2 Å². The van der Waals surface area contributed by atoms with E-state index in [0.717, 1.165) is 0 Å². The Morgan fingerprint density at radius 1 is 1.79 bits per heavy atom. The van der Waals surface area contributed by atoms with Crippen LogP contribution in [0.3, 0.4) is 0 Å². The molecule has 0 fully saturated rings. The summed E-state index contributed by atoms with van der Waals surface area (Å²) in [5.74, 6) is -0.562. The molecular weight excluding hydrogens is 184 g/mol. The fraction of sp³-hybridized carbons (Fsp3) is 0.556. The highest BCUT2D eigenvalue weighted by Gasteiger charge is 2.28. The summed E-state index contributed by atoms with van der Waals surface area (Å²) in [4.78, 5) is 24.0. The Morgan fingerprint density at radius 3 is 2.93 bits per heavy atom. The number of carbonyl (C=O) groups is 2. The van der Waals surface area contributed by atoms with Crippen molar-refractivity contribution in [2.45, 2.75) is 19.4 Å². The number of ether oxygens (including phenoxy) is 1. The summed E-state index contributed by atoms with van der Waals surface area (Å²) in [6.07, 6.45) is 1.63. The summed E-state index contributed by atoms with van der Waals surface area (Å²) in [5.41, 5.74) is 5.82. The summed E-state index contributed by atoms with van der Waals surface area (Å²) >= 11 is 0. The average molecular weight is 198 g/mol.